The topological polar surface area (TPSA) is 67.6 Å². The Morgan fingerprint density at radius 2 is 2.30 bits per heavy atom. The predicted molar refractivity (Wildman–Crippen MR) is 85.8 cm³/mol. The van der Waals surface area contributed by atoms with Gasteiger partial charge in [-0.2, -0.15) is 4.99 Å². The van der Waals surface area contributed by atoms with Crippen molar-refractivity contribution in [1.82, 2.24) is 9.97 Å². The number of hydrogen-bond acceptors (Lipinski definition) is 6. The normalized spacial score (nSPS) is 18.3. The molecule has 0 amide bonds. The molecule has 0 radical (unpaired) electrons. The van der Waals surface area contributed by atoms with Gasteiger partial charge in [-0.15, -0.1) is 11.3 Å². The van der Waals surface area contributed by atoms with Crippen LogP contribution in [0.15, 0.2) is 34.8 Å². The van der Waals surface area contributed by atoms with Crippen LogP contribution in [0, 0.1) is 5.82 Å². The number of pyridine rings is 1. The third-order valence-corrected chi connectivity index (χ3v) is 4.39. The number of nitrogens with zero attached hydrogens (tertiary/aromatic N) is 3. The largest absolute Gasteiger partial charge is 0.506 e. The Morgan fingerprint density at radius 1 is 1.43 bits per heavy atom. The second kappa shape index (κ2) is 5.27. The highest BCUT2D eigenvalue weighted by atomic mass is 32.1. The summed E-state index contributed by atoms with van der Waals surface area (Å²) in [5.41, 5.74) is 1.07. The molecule has 3 heterocycles. The molecule has 4 rings (SSSR count). The van der Waals surface area contributed by atoms with Gasteiger partial charge in [-0.25, -0.2) is 14.4 Å². The minimum absolute atomic E-state index is 0.0595. The molecule has 5 nitrogen and oxygen atoms in total. The fourth-order valence-electron chi connectivity index (χ4n) is 2.66. The quantitative estimate of drug-likeness (QED) is 0.769. The highest BCUT2D eigenvalue weighted by Gasteiger charge is 2.34. The summed E-state index contributed by atoms with van der Waals surface area (Å²) >= 11 is 1.36. The fraction of sp³-hybridized carbons (Fsp3) is 0.188. The van der Waals surface area contributed by atoms with Crippen LogP contribution in [0.1, 0.15) is 30.7 Å². The van der Waals surface area contributed by atoms with E-state index in [9.17, 15) is 9.50 Å². The predicted octanol–water partition coefficient (Wildman–Crippen LogP) is 4.10. The molecule has 23 heavy (non-hydrogen) atoms. The molecule has 116 valence electrons. The van der Waals surface area contributed by atoms with Crippen molar-refractivity contribution in [3.05, 3.63) is 46.9 Å². The lowest BCUT2D eigenvalue weighted by atomic mass is 10.0. The molecule has 0 fully saturated rings. The van der Waals surface area contributed by atoms with Gasteiger partial charge in [-0.3, -0.25) is 0 Å². The van der Waals surface area contributed by atoms with Crippen molar-refractivity contribution >= 4 is 33.3 Å². The van der Waals surface area contributed by atoms with Crippen LogP contribution in [-0.4, -0.2) is 21.0 Å². The maximum atomic E-state index is 14.0. The summed E-state index contributed by atoms with van der Waals surface area (Å²) in [5.74, 6) is -0.255. The average molecular weight is 329 g/mol. The molecule has 1 N–H and O–H groups in total. The van der Waals surface area contributed by atoms with E-state index in [1.54, 1.807) is 17.6 Å². The van der Waals surface area contributed by atoms with Gasteiger partial charge < -0.3 is 9.84 Å². The summed E-state index contributed by atoms with van der Waals surface area (Å²) in [6.45, 7) is 1.94. The van der Waals surface area contributed by atoms with Crippen LogP contribution in [0.4, 0.5) is 9.52 Å². The molecule has 1 aliphatic rings. The smallest absolute Gasteiger partial charge is 0.230 e. The Balaban J connectivity index is 2.00. The molecule has 3 aromatic rings. The summed E-state index contributed by atoms with van der Waals surface area (Å²) in [4.78, 5) is 12.8. The molecule has 7 heteroatoms. The number of halogens is 1. The lowest BCUT2D eigenvalue weighted by Gasteiger charge is -2.08. The van der Waals surface area contributed by atoms with Gasteiger partial charge in [0.05, 0.1) is 5.69 Å². The number of fused-ring (bicyclic) bond motifs is 2. The average Bonchev–Trinajstić information content (AvgIpc) is 3.17. The van der Waals surface area contributed by atoms with Gasteiger partial charge in [-0.1, -0.05) is 13.0 Å². The molecule has 0 bridgehead atoms. The van der Waals surface area contributed by atoms with Gasteiger partial charge in [0.15, 0.2) is 0 Å². The second-order valence-electron chi connectivity index (χ2n) is 5.10. The number of benzene rings is 1. The van der Waals surface area contributed by atoms with E-state index in [1.807, 2.05) is 6.92 Å². The maximum absolute atomic E-state index is 14.0. The van der Waals surface area contributed by atoms with E-state index in [-0.39, 0.29) is 23.3 Å². The fourth-order valence-corrected chi connectivity index (χ4v) is 3.16. The van der Waals surface area contributed by atoms with Crippen LogP contribution in [0.3, 0.4) is 0 Å². The molecule has 0 saturated carbocycles. The number of aromatic hydroxyl groups is 1. The van der Waals surface area contributed by atoms with Crippen molar-refractivity contribution in [2.24, 2.45) is 4.99 Å². The van der Waals surface area contributed by atoms with Crippen molar-refractivity contribution in [2.75, 3.05) is 0 Å². The van der Waals surface area contributed by atoms with Crippen molar-refractivity contribution in [3.63, 3.8) is 0 Å². The number of aliphatic imine (C=N–C) groups is 1. The van der Waals surface area contributed by atoms with Crippen molar-refractivity contribution < 1.29 is 14.2 Å². The molecule has 1 unspecified atom stereocenters. The van der Waals surface area contributed by atoms with Crippen LogP contribution in [0.25, 0.3) is 10.9 Å². The zero-order valence-corrected chi connectivity index (χ0v) is 13.0. The minimum atomic E-state index is -0.472. The summed E-state index contributed by atoms with van der Waals surface area (Å²) in [6, 6.07) is 4.49. The molecular weight excluding hydrogens is 317 g/mol. The highest BCUT2D eigenvalue weighted by molar-refractivity contribution is 7.13. The van der Waals surface area contributed by atoms with Gasteiger partial charge in [0.2, 0.25) is 11.0 Å². The number of ether oxygens (including phenoxy) is 1. The first-order valence-corrected chi connectivity index (χ1v) is 8.03. The van der Waals surface area contributed by atoms with Crippen LogP contribution in [0.5, 0.6) is 5.75 Å². The first-order chi connectivity index (χ1) is 11.2. The zero-order chi connectivity index (χ0) is 16.0. The van der Waals surface area contributed by atoms with Gasteiger partial charge >= 0.3 is 0 Å². The molecule has 1 aliphatic heterocycles. The van der Waals surface area contributed by atoms with E-state index in [1.165, 1.54) is 23.5 Å². The summed E-state index contributed by atoms with van der Waals surface area (Å²) < 4.78 is 19.8. The molecule has 1 atom stereocenters. The lowest BCUT2D eigenvalue weighted by Crippen LogP contribution is -1.99. The van der Waals surface area contributed by atoms with Crippen molar-refractivity contribution in [2.45, 2.75) is 19.4 Å². The summed E-state index contributed by atoms with van der Waals surface area (Å²) in [7, 11) is 0. The number of rotatable bonds is 2. The van der Waals surface area contributed by atoms with E-state index in [0.717, 1.165) is 0 Å². The van der Waals surface area contributed by atoms with E-state index in [0.29, 0.717) is 28.2 Å². The Hall–Kier alpha value is -2.54. The Morgan fingerprint density at radius 3 is 3.04 bits per heavy atom. The molecule has 2 aromatic heterocycles. The van der Waals surface area contributed by atoms with Gasteiger partial charge in [0, 0.05) is 17.0 Å². The lowest BCUT2D eigenvalue weighted by molar-refractivity contribution is 0.201. The van der Waals surface area contributed by atoms with Gasteiger partial charge in [0.1, 0.15) is 28.8 Å². The first kappa shape index (κ1) is 14.1. The van der Waals surface area contributed by atoms with Crippen LogP contribution >= 0.6 is 11.3 Å². The zero-order valence-electron chi connectivity index (χ0n) is 12.2. The molecule has 0 saturated heterocycles. The van der Waals surface area contributed by atoms with Crippen molar-refractivity contribution in [1.29, 1.82) is 0 Å². The van der Waals surface area contributed by atoms with Gasteiger partial charge in [0.25, 0.3) is 0 Å². The molecule has 1 aromatic carbocycles. The molecule has 0 spiro atoms. The van der Waals surface area contributed by atoms with Gasteiger partial charge in [-0.05, 0) is 18.6 Å². The van der Waals surface area contributed by atoms with E-state index >= 15 is 0 Å². The highest BCUT2D eigenvalue weighted by Crippen LogP contribution is 2.41. The van der Waals surface area contributed by atoms with E-state index < -0.39 is 5.82 Å². The SMILES string of the molecule is CCC1O/C(=N/c2nccs2)c2c1nc1c(F)cccc1c2O. The van der Waals surface area contributed by atoms with E-state index in [2.05, 4.69) is 15.0 Å². The van der Waals surface area contributed by atoms with E-state index in [4.69, 9.17) is 4.74 Å². The third kappa shape index (κ3) is 2.16. The number of aromatic nitrogens is 2. The Labute approximate surface area is 135 Å². The van der Waals surface area contributed by atoms with Crippen LogP contribution < -0.4 is 0 Å². The Bertz CT molecular complexity index is 925. The maximum Gasteiger partial charge on any atom is 0.230 e. The minimum Gasteiger partial charge on any atom is -0.506 e. The monoisotopic (exact) mass is 329 g/mol. The summed E-state index contributed by atoms with van der Waals surface area (Å²) in [5, 5.41) is 13.3. The summed E-state index contributed by atoms with van der Waals surface area (Å²) in [6.07, 6.45) is 1.92. The van der Waals surface area contributed by atoms with Crippen LogP contribution in [-0.2, 0) is 4.74 Å². The third-order valence-electron chi connectivity index (χ3n) is 3.73. The van der Waals surface area contributed by atoms with Crippen LogP contribution in [0.2, 0.25) is 0 Å². The number of para-hydroxylation sites is 1. The number of thiazole rings is 1. The Kier molecular flexibility index (Phi) is 3.23. The molecule has 0 aliphatic carbocycles. The van der Waals surface area contributed by atoms with Crippen molar-refractivity contribution in [3.8, 4) is 5.75 Å². The molecular formula is C16H12FN3O2S. The second-order valence-corrected chi connectivity index (χ2v) is 5.98. The first-order valence-electron chi connectivity index (χ1n) is 7.15. The standard InChI is InChI=1S/C16H12FN3O2S/c1-2-10-13-11(15(22-10)20-16-18-6-7-23-16)14(21)8-4-3-5-9(17)12(8)19-13/h3-7,10H,2H2,1H3,(H,19,21)/b20-15+. The number of hydrogen-bond donors (Lipinski definition) is 1.